The summed E-state index contributed by atoms with van der Waals surface area (Å²) in [4.78, 5) is 10.9. The van der Waals surface area contributed by atoms with E-state index in [0.717, 1.165) is 30.6 Å². The van der Waals surface area contributed by atoms with Crippen LogP contribution in [0.1, 0.15) is 55.3 Å². The molecule has 0 bridgehead atoms. The van der Waals surface area contributed by atoms with E-state index in [4.69, 9.17) is 5.11 Å². The highest BCUT2D eigenvalue weighted by atomic mass is 32.2. The zero-order chi connectivity index (χ0) is 16.2. The molecule has 0 aliphatic heterocycles. The van der Waals surface area contributed by atoms with Crippen LogP contribution in [0.2, 0.25) is 0 Å². The molecule has 0 aliphatic carbocycles. The number of rotatable bonds is 8. The predicted octanol–water partition coefficient (Wildman–Crippen LogP) is 3.25. The van der Waals surface area contributed by atoms with Crippen molar-refractivity contribution in [2.45, 2.75) is 57.9 Å². The maximum Gasteiger partial charge on any atom is 0.347 e. The van der Waals surface area contributed by atoms with E-state index in [9.17, 15) is 13.2 Å². The van der Waals surface area contributed by atoms with Crippen LogP contribution in [0.25, 0.3) is 0 Å². The lowest BCUT2D eigenvalue weighted by atomic mass is 10.0. The van der Waals surface area contributed by atoms with E-state index in [1.54, 1.807) is 19.2 Å². The van der Waals surface area contributed by atoms with Crippen LogP contribution in [-0.2, 0) is 10.0 Å². The highest BCUT2D eigenvalue weighted by Crippen LogP contribution is 2.27. The van der Waals surface area contributed by atoms with Gasteiger partial charge in [0.25, 0.3) is 0 Å². The summed E-state index contributed by atoms with van der Waals surface area (Å²) in [6.45, 7) is 7.67. The molecule has 1 aromatic heterocycles. The Morgan fingerprint density at radius 1 is 1.33 bits per heavy atom. The number of hydrogen-bond acceptors (Lipinski definition) is 4. The third kappa shape index (κ3) is 5.09. The van der Waals surface area contributed by atoms with Gasteiger partial charge in [-0.2, -0.15) is 0 Å². The van der Waals surface area contributed by atoms with Crippen LogP contribution in [0.5, 0.6) is 0 Å². The number of carbonyl (C=O) groups is 1. The third-order valence-electron chi connectivity index (χ3n) is 3.16. The Morgan fingerprint density at radius 2 is 1.95 bits per heavy atom. The molecule has 5 nitrogen and oxygen atoms in total. The summed E-state index contributed by atoms with van der Waals surface area (Å²) in [5, 5.41) is 10.7. The molecule has 0 fully saturated rings. The van der Waals surface area contributed by atoms with Crippen molar-refractivity contribution in [2.75, 3.05) is 0 Å². The molecule has 1 atom stereocenters. The summed E-state index contributed by atoms with van der Waals surface area (Å²) < 4.78 is 27.3. The van der Waals surface area contributed by atoms with Gasteiger partial charge in [-0.3, -0.25) is 0 Å². The summed E-state index contributed by atoms with van der Waals surface area (Å²) in [6.07, 6.45) is 2.72. The minimum atomic E-state index is -3.79. The molecular formula is C14H23NO4S2. The quantitative estimate of drug-likeness (QED) is 0.765. The number of thiophene rings is 1. The predicted molar refractivity (Wildman–Crippen MR) is 84.5 cm³/mol. The van der Waals surface area contributed by atoms with Gasteiger partial charge >= 0.3 is 5.97 Å². The normalized spacial score (nSPS) is 13.6. The number of nitrogens with one attached hydrogen (secondary N) is 1. The van der Waals surface area contributed by atoms with Gasteiger partial charge in [0, 0.05) is 6.04 Å². The highest BCUT2D eigenvalue weighted by molar-refractivity contribution is 7.89. The van der Waals surface area contributed by atoms with Crippen LogP contribution >= 0.6 is 11.3 Å². The monoisotopic (exact) mass is 333 g/mol. The summed E-state index contributed by atoms with van der Waals surface area (Å²) in [6, 6.07) is -0.213. The van der Waals surface area contributed by atoms with Gasteiger partial charge in [-0.1, -0.05) is 26.7 Å². The molecule has 7 heteroatoms. The van der Waals surface area contributed by atoms with Gasteiger partial charge < -0.3 is 5.11 Å². The Hall–Kier alpha value is -0.920. The average molecular weight is 333 g/mol. The Morgan fingerprint density at radius 3 is 2.48 bits per heavy atom. The lowest BCUT2D eigenvalue weighted by Gasteiger charge is -2.15. The molecule has 1 rings (SSSR count). The fourth-order valence-electron chi connectivity index (χ4n) is 2.13. The van der Waals surface area contributed by atoms with E-state index in [-0.39, 0.29) is 15.8 Å². The van der Waals surface area contributed by atoms with Crippen LogP contribution in [0, 0.1) is 12.8 Å². The topological polar surface area (TPSA) is 83.5 Å². The molecule has 0 saturated heterocycles. The molecule has 1 unspecified atom stereocenters. The fraction of sp³-hybridized carbons (Fsp3) is 0.643. The second-order valence-electron chi connectivity index (χ2n) is 5.73. The number of aromatic carboxylic acids is 1. The Bertz CT molecular complexity index is 590. The Balaban J connectivity index is 2.82. The van der Waals surface area contributed by atoms with Gasteiger partial charge in [-0.15, -0.1) is 11.3 Å². The number of sulfonamides is 1. The molecule has 0 aliphatic rings. The van der Waals surface area contributed by atoms with Crippen molar-refractivity contribution in [3.63, 3.8) is 0 Å². The summed E-state index contributed by atoms with van der Waals surface area (Å²) in [5.41, 5.74) is 0.472. The van der Waals surface area contributed by atoms with Crippen LogP contribution in [0.15, 0.2) is 10.3 Å². The fourth-order valence-corrected chi connectivity index (χ4v) is 5.04. The van der Waals surface area contributed by atoms with Gasteiger partial charge in [0.05, 0.1) is 0 Å². The smallest absolute Gasteiger partial charge is 0.347 e. The minimum absolute atomic E-state index is 0.101. The first-order valence-electron chi connectivity index (χ1n) is 6.99. The molecule has 0 aromatic carbocycles. The standard InChI is InChI=1S/C14H23NO4S2/c1-9(2)6-5-7-11(4)15-21(18,19)13-10(3)8-20-12(13)14(16)17/h8-9,11,15H,5-7H2,1-4H3,(H,16,17). The van der Waals surface area contributed by atoms with E-state index in [1.165, 1.54) is 0 Å². The van der Waals surface area contributed by atoms with E-state index in [0.29, 0.717) is 11.5 Å². The SMILES string of the molecule is Cc1csc(C(=O)O)c1S(=O)(=O)NC(C)CCCC(C)C. The Kier molecular flexibility index (Phi) is 6.37. The van der Waals surface area contributed by atoms with Crippen molar-refractivity contribution >= 4 is 27.3 Å². The molecule has 1 heterocycles. The van der Waals surface area contributed by atoms with Gasteiger partial charge in [0.15, 0.2) is 0 Å². The second-order valence-corrected chi connectivity index (χ2v) is 8.26. The van der Waals surface area contributed by atoms with Gasteiger partial charge in [0.1, 0.15) is 9.77 Å². The van der Waals surface area contributed by atoms with Crippen LogP contribution in [0.3, 0.4) is 0 Å². The number of hydrogen-bond donors (Lipinski definition) is 2. The largest absolute Gasteiger partial charge is 0.477 e. The second kappa shape index (κ2) is 7.38. The van der Waals surface area contributed by atoms with Crippen LogP contribution in [0.4, 0.5) is 0 Å². The lowest BCUT2D eigenvalue weighted by molar-refractivity contribution is 0.0698. The zero-order valence-corrected chi connectivity index (χ0v) is 14.5. The van der Waals surface area contributed by atoms with Crippen LogP contribution < -0.4 is 4.72 Å². The van der Waals surface area contributed by atoms with Crippen molar-refractivity contribution in [1.29, 1.82) is 0 Å². The van der Waals surface area contributed by atoms with Gasteiger partial charge in [-0.25, -0.2) is 17.9 Å². The van der Waals surface area contributed by atoms with E-state index >= 15 is 0 Å². The van der Waals surface area contributed by atoms with E-state index in [2.05, 4.69) is 18.6 Å². The van der Waals surface area contributed by atoms with Crippen molar-refractivity contribution in [2.24, 2.45) is 5.92 Å². The molecule has 0 radical (unpaired) electrons. The maximum absolute atomic E-state index is 12.4. The third-order valence-corrected chi connectivity index (χ3v) is 6.15. The highest BCUT2D eigenvalue weighted by Gasteiger charge is 2.27. The van der Waals surface area contributed by atoms with Gasteiger partial charge in [-0.05, 0) is 37.1 Å². The number of aryl methyl sites for hydroxylation is 1. The first-order valence-corrected chi connectivity index (χ1v) is 9.35. The molecule has 0 amide bonds. The van der Waals surface area contributed by atoms with Crippen molar-refractivity contribution in [1.82, 2.24) is 4.72 Å². The Labute approximate surface area is 130 Å². The molecule has 1 aromatic rings. The molecular weight excluding hydrogens is 310 g/mol. The van der Waals surface area contributed by atoms with E-state index in [1.807, 2.05) is 0 Å². The molecule has 120 valence electrons. The van der Waals surface area contributed by atoms with Gasteiger partial charge in [0.2, 0.25) is 10.0 Å². The molecule has 2 N–H and O–H groups in total. The average Bonchev–Trinajstić information content (AvgIpc) is 2.70. The van der Waals surface area contributed by atoms with Crippen LogP contribution in [-0.4, -0.2) is 25.5 Å². The maximum atomic E-state index is 12.4. The van der Waals surface area contributed by atoms with E-state index < -0.39 is 16.0 Å². The summed E-state index contributed by atoms with van der Waals surface area (Å²) in [5.74, 6) is -0.618. The number of carboxylic acids is 1. The first kappa shape index (κ1) is 18.1. The molecule has 0 saturated carbocycles. The number of carboxylic acid groups (broad SMARTS) is 1. The minimum Gasteiger partial charge on any atom is -0.477 e. The summed E-state index contributed by atoms with van der Waals surface area (Å²) in [7, 11) is -3.79. The summed E-state index contributed by atoms with van der Waals surface area (Å²) >= 11 is 0.941. The van der Waals surface area contributed by atoms with Crippen molar-refractivity contribution < 1.29 is 18.3 Å². The first-order chi connectivity index (χ1) is 9.65. The van der Waals surface area contributed by atoms with Crippen molar-refractivity contribution in [3.8, 4) is 0 Å². The molecule has 21 heavy (non-hydrogen) atoms. The van der Waals surface area contributed by atoms with Crippen molar-refractivity contribution in [3.05, 3.63) is 15.8 Å². The lowest BCUT2D eigenvalue weighted by Crippen LogP contribution is -2.33. The zero-order valence-electron chi connectivity index (χ0n) is 12.8. The molecule has 0 spiro atoms.